The van der Waals surface area contributed by atoms with Crippen molar-refractivity contribution in [1.29, 1.82) is 0 Å². The second-order valence-corrected chi connectivity index (χ2v) is 19.0. The monoisotopic (exact) mass is 704 g/mol. The molecule has 0 radical (unpaired) electrons. The van der Waals surface area contributed by atoms with Crippen LogP contribution in [0.5, 0.6) is 0 Å². The maximum absolute atomic E-state index is 13.9. The van der Waals surface area contributed by atoms with Crippen molar-refractivity contribution in [3.8, 4) is 0 Å². The molecule has 0 unspecified atom stereocenters. The molecule has 1 aromatic rings. The predicted molar refractivity (Wildman–Crippen MR) is 193 cm³/mol. The van der Waals surface area contributed by atoms with Gasteiger partial charge in [0.1, 0.15) is 12.4 Å². The molecule has 0 aliphatic heterocycles. The van der Waals surface area contributed by atoms with Gasteiger partial charge in [0.05, 0.1) is 17.4 Å². The fourth-order valence-corrected chi connectivity index (χ4v) is 12.4. The van der Waals surface area contributed by atoms with Crippen molar-refractivity contribution < 1.29 is 29.0 Å². The van der Waals surface area contributed by atoms with Crippen LogP contribution in [0.4, 0.5) is 4.79 Å². The highest BCUT2D eigenvalue weighted by molar-refractivity contribution is 6.02. The van der Waals surface area contributed by atoms with Crippen molar-refractivity contribution in [3.63, 3.8) is 0 Å². The fourth-order valence-electron chi connectivity index (χ4n) is 12.4. The van der Waals surface area contributed by atoms with Crippen molar-refractivity contribution in [2.75, 3.05) is 0 Å². The van der Waals surface area contributed by atoms with E-state index in [4.69, 9.17) is 4.74 Å². The molecule has 51 heavy (non-hydrogen) atoms. The van der Waals surface area contributed by atoms with Crippen LogP contribution < -0.4 is 10.6 Å². The zero-order valence-corrected chi connectivity index (χ0v) is 32.3. The molecule has 6 rings (SSSR count). The summed E-state index contributed by atoms with van der Waals surface area (Å²) in [5, 5.41) is 16.0. The van der Waals surface area contributed by atoms with Crippen LogP contribution in [0.15, 0.2) is 29.9 Å². The number of fused-ring (bicyclic) bond motifs is 7. The van der Waals surface area contributed by atoms with Gasteiger partial charge >= 0.3 is 18.0 Å². The molecule has 0 bridgehead atoms. The van der Waals surface area contributed by atoms with E-state index >= 15 is 0 Å². The fraction of sp³-hybridized carbons (Fsp3) is 0.756. The van der Waals surface area contributed by atoms with E-state index in [1.54, 1.807) is 26.2 Å². The van der Waals surface area contributed by atoms with Gasteiger partial charge in [-0.15, -0.1) is 0 Å². The van der Waals surface area contributed by atoms with E-state index in [-0.39, 0.29) is 57.8 Å². The first-order valence-electron chi connectivity index (χ1n) is 19.2. The number of nitrogens with one attached hydrogen (secondary N) is 2. The van der Waals surface area contributed by atoms with Crippen LogP contribution in [-0.4, -0.2) is 50.5 Å². The van der Waals surface area contributed by atoms with Crippen molar-refractivity contribution in [1.82, 2.24) is 20.6 Å². The summed E-state index contributed by atoms with van der Waals surface area (Å²) in [6.07, 6.45) is 12.3. The molecule has 1 heterocycles. The van der Waals surface area contributed by atoms with Crippen LogP contribution in [-0.2, 0) is 25.7 Å². The Labute approximate surface area is 303 Å². The number of allylic oxidation sites excluding steroid dienone is 1. The molecule has 0 saturated heterocycles. The Hall–Kier alpha value is -3.30. The lowest BCUT2D eigenvalue weighted by atomic mass is 9.33. The molecular formula is C41H60N4O6. The van der Waals surface area contributed by atoms with Gasteiger partial charge in [-0.3, -0.25) is 14.4 Å². The maximum atomic E-state index is 13.9. The number of amides is 2. The summed E-state index contributed by atoms with van der Waals surface area (Å²) in [4.78, 5) is 60.3. The maximum Gasteiger partial charge on any atom is 0.315 e. The molecule has 4 fully saturated rings. The molecule has 8 atom stereocenters. The third-order valence-corrected chi connectivity index (χ3v) is 15.2. The lowest BCUT2D eigenvalue weighted by Gasteiger charge is -2.72. The molecule has 10 nitrogen and oxygen atoms in total. The van der Waals surface area contributed by atoms with Crippen LogP contribution >= 0.6 is 0 Å². The van der Waals surface area contributed by atoms with E-state index in [1.165, 1.54) is 11.9 Å². The average molecular weight is 705 g/mol. The zero-order valence-electron chi connectivity index (χ0n) is 32.3. The first kappa shape index (κ1) is 37.5. The second kappa shape index (κ2) is 12.7. The van der Waals surface area contributed by atoms with E-state index in [0.29, 0.717) is 24.8 Å². The van der Waals surface area contributed by atoms with Crippen LogP contribution in [0.2, 0.25) is 0 Å². The number of urea groups is 1. The Bertz CT molecular complexity index is 1620. The number of esters is 1. The molecule has 10 heteroatoms. The number of ether oxygens (including phenoxy) is 1. The van der Waals surface area contributed by atoms with Gasteiger partial charge < -0.3 is 20.5 Å². The van der Waals surface area contributed by atoms with E-state index in [9.17, 15) is 24.3 Å². The van der Waals surface area contributed by atoms with Gasteiger partial charge in [-0.25, -0.2) is 14.8 Å². The third-order valence-electron chi connectivity index (χ3n) is 15.2. The molecule has 280 valence electrons. The number of nitrogens with zero attached hydrogens (tertiary/aromatic N) is 2. The quantitative estimate of drug-likeness (QED) is 0.237. The highest BCUT2D eigenvalue weighted by Crippen LogP contribution is 2.76. The predicted octanol–water partition coefficient (Wildman–Crippen LogP) is 7.42. The van der Waals surface area contributed by atoms with Crippen molar-refractivity contribution in [2.45, 2.75) is 145 Å². The van der Waals surface area contributed by atoms with E-state index in [0.717, 1.165) is 62.5 Å². The van der Waals surface area contributed by atoms with Gasteiger partial charge in [0.15, 0.2) is 5.78 Å². The average Bonchev–Trinajstić information content (AvgIpc) is 3.33. The first-order chi connectivity index (χ1) is 23.7. The number of hydrogen-bond acceptors (Lipinski definition) is 7. The minimum atomic E-state index is -1.17. The molecule has 5 aliphatic carbocycles. The Morgan fingerprint density at radius 3 is 2.27 bits per heavy atom. The SMILES string of the molecule is CC(C)C1=C2[C@H]3CC[C@@H]4[C@@]5(C)CC[C@H](OC(=O)CC(C)(C)C(=O)O)C(C)(C)[C@@H]5CC[C@@]4(C)[C@]3(C)CC[C@@]2(NC(=O)NCc2cncnc2)CC1=O. The van der Waals surface area contributed by atoms with Gasteiger partial charge in [-0.1, -0.05) is 48.5 Å². The van der Waals surface area contributed by atoms with Gasteiger partial charge in [0, 0.05) is 36.3 Å². The summed E-state index contributed by atoms with van der Waals surface area (Å²) in [5.41, 5.74) is 0.845. The summed E-state index contributed by atoms with van der Waals surface area (Å²) in [7, 11) is 0. The molecule has 1 aromatic heterocycles. The minimum absolute atomic E-state index is 0.0225. The highest BCUT2D eigenvalue weighted by atomic mass is 16.5. The molecule has 5 aliphatic rings. The van der Waals surface area contributed by atoms with Crippen LogP contribution in [0.3, 0.4) is 0 Å². The molecule has 2 amide bonds. The molecule has 4 saturated carbocycles. The lowest BCUT2D eigenvalue weighted by Crippen LogP contribution is -2.67. The van der Waals surface area contributed by atoms with E-state index in [2.05, 4.69) is 69.1 Å². The summed E-state index contributed by atoms with van der Waals surface area (Å²) in [6.45, 7) is 19.7. The summed E-state index contributed by atoms with van der Waals surface area (Å²) < 4.78 is 6.14. The van der Waals surface area contributed by atoms with Crippen molar-refractivity contribution in [3.05, 3.63) is 35.4 Å². The Balaban J connectivity index is 1.26. The van der Waals surface area contributed by atoms with Gasteiger partial charge in [-0.2, -0.15) is 0 Å². The van der Waals surface area contributed by atoms with Gasteiger partial charge in [-0.05, 0) is 116 Å². The number of hydrogen-bond donors (Lipinski definition) is 3. The van der Waals surface area contributed by atoms with Gasteiger partial charge in [0.25, 0.3) is 0 Å². The number of carboxylic acids is 1. The highest BCUT2D eigenvalue weighted by Gasteiger charge is 2.70. The number of carboxylic acid groups (broad SMARTS) is 1. The lowest BCUT2D eigenvalue weighted by molar-refractivity contribution is -0.232. The second-order valence-electron chi connectivity index (χ2n) is 19.0. The number of aliphatic carboxylic acids is 1. The molecule has 0 spiro atoms. The van der Waals surface area contributed by atoms with Crippen LogP contribution in [0.25, 0.3) is 0 Å². The van der Waals surface area contributed by atoms with E-state index < -0.39 is 22.9 Å². The summed E-state index contributed by atoms with van der Waals surface area (Å²) >= 11 is 0. The Kier molecular flexibility index (Phi) is 9.31. The van der Waals surface area contributed by atoms with E-state index in [1.807, 2.05) is 0 Å². The van der Waals surface area contributed by atoms with Crippen LogP contribution in [0.1, 0.15) is 132 Å². The van der Waals surface area contributed by atoms with Crippen molar-refractivity contribution in [2.24, 2.45) is 50.7 Å². The number of rotatable bonds is 8. The number of carbonyl (C=O) groups is 4. The number of Topliss-reactive ketones (excluding diaryl/α,β-unsaturated/α-hetero) is 1. The first-order valence-corrected chi connectivity index (χ1v) is 19.2. The third kappa shape index (κ3) is 5.91. The summed E-state index contributed by atoms with van der Waals surface area (Å²) in [5.74, 6) is -0.177. The number of ketones is 1. The topological polar surface area (TPSA) is 148 Å². The number of carbonyl (C=O) groups excluding carboxylic acids is 3. The zero-order chi connectivity index (χ0) is 37.4. The van der Waals surface area contributed by atoms with Crippen LogP contribution in [0, 0.1) is 50.7 Å². The van der Waals surface area contributed by atoms with Crippen molar-refractivity contribution >= 4 is 23.8 Å². The largest absolute Gasteiger partial charge is 0.481 e. The van der Waals surface area contributed by atoms with Gasteiger partial charge in [0.2, 0.25) is 0 Å². The smallest absolute Gasteiger partial charge is 0.315 e. The summed E-state index contributed by atoms with van der Waals surface area (Å²) in [6, 6.07) is -0.267. The molecule has 3 N–H and O–H groups in total. The minimum Gasteiger partial charge on any atom is -0.481 e. The number of aromatic nitrogens is 2. The Morgan fingerprint density at radius 2 is 1.63 bits per heavy atom. The molecule has 0 aromatic carbocycles. The normalized spacial score (nSPS) is 37.1. The molecular weight excluding hydrogens is 644 g/mol. The standard InChI is InChI=1S/C41H60N4O6/c1-24(2)32-27(46)18-41(45-35(50)44-22-25-20-42-23-43-21-25)17-16-39(8)26(33(32)41)10-11-29-38(7)14-13-30(51-31(47)19-36(3,4)34(48)49)37(5,6)28(38)12-15-40(29,39)9/h20-21,23-24,26,28-30H,10-19,22H2,1-9H3,(H,48,49)(H2,44,45,50)/t26-,28+,29-,30+,38+,39-,40-,41-/m1/s1. The Morgan fingerprint density at radius 1 is 0.941 bits per heavy atom.